The van der Waals surface area contributed by atoms with E-state index in [1.807, 2.05) is 0 Å². The van der Waals surface area contributed by atoms with Crippen LogP contribution in [0.15, 0.2) is 18.3 Å². The number of anilines is 1. The zero-order chi connectivity index (χ0) is 8.39. The summed E-state index contributed by atoms with van der Waals surface area (Å²) >= 11 is 0. The quantitative estimate of drug-likeness (QED) is 0.708. The van der Waals surface area contributed by atoms with Gasteiger partial charge in [0.2, 0.25) is 5.91 Å². The van der Waals surface area contributed by atoms with E-state index < -0.39 is 0 Å². The Morgan fingerprint density at radius 2 is 2.50 bits per heavy atom. The van der Waals surface area contributed by atoms with E-state index in [0.29, 0.717) is 0 Å². The smallest absolute Gasteiger partial charge is 0.227 e. The van der Waals surface area contributed by atoms with E-state index >= 15 is 0 Å². The molecule has 3 heteroatoms. The van der Waals surface area contributed by atoms with E-state index in [4.69, 9.17) is 0 Å². The molecule has 1 heterocycles. The molecule has 1 fully saturated rings. The number of hydrogen-bond donors (Lipinski definition) is 1. The van der Waals surface area contributed by atoms with Gasteiger partial charge in [-0.2, -0.15) is 0 Å². The third-order valence-electron chi connectivity index (χ3n) is 1.83. The topological polar surface area (TPSA) is 42.0 Å². The van der Waals surface area contributed by atoms with Gasteiger partial charge in [0.05, 0.1) is 18.1 Å². The summed E-state index contributed by atoms with van der Waals surface area (Å²) in [5, 5.41) is 2.78. The Morgan fingerprint density at radius 3 is 3.08 bits per heavy atom. The van der Waals surface area contributed by atoms with Crippen LogP contribution in [0.5, 0.6) is 0 Å². The van der Waals surface area contributed by atoms with E-state index in [2.05, 4.69) is 16.5 Å². The summed E-state index contributed by atoms with van der Waals surface area (Å²) in [6.07, 6.45) is 6.30. The van der Waals surface area contributed by atoms with Gasteiger partial charge in [0.1, 0.15) is 0 Å². The fraction of sp³-hybridized carbons (Fsp3) is 0.333. The van der Waals surface area contributed by atoms with Crippen LogP contribution in [0.1, 0.15) is 12.8 Å². The first-order valence-corrected chi connectivity index (χ1v) is 3.99. The fourth-order valence-corrected chi connectivity index (χ4v) is 0.984. The van der Waals surface area contributed by atoms with Crippen LogP contribution in [0, 0.1) is 12.1 Å². The van der Waals surface area contributed by atoms with Crippen LogP contribution < -0.4 is 5.32 Å². The van der Waals surface area contributed by atoms with Crippen molar-refractivity contribution in [3.8, 4) is 0 Å². The lowest BCUT2D eigenvalue weighted by molar-refractivity contribution is -0.117. The first-order chi connectivity index (χ1) is 5.86. The van der Waals surface area contributed by atoms with E-state index in [0.717, 1.165) is 18.5 Å². The molecule has 0 aromatic carbocycles. The molecule has 0 saturated heterocycles. The molecule has 1 aliphatic carbocycles. The predicted molar refractivity (Wildman–Crippen MR) is 44.4 cm³/mol. The maximum atomic E-state index is 11.2. The maximum absolute atomic E-state index is 11.2. The Bertz CT molecular complexity index is 280. The normalized spacial score (nSPS) is 15.7. The summed E-state index contributed by atoms with van der Waals surface area (Å²) in [4.78, 5) is 15.0. The summed E-state index contributed by atoms with van der Waals surface area (Å²) in [5.74, 6) is 0.359. The molecule has 3 nitrogen and oxygen atoms in total. The largest absolute Gasteiger partial charge is 0.324 e. The number of hydrogen-bond acceptors (Lipinski definition) is 2. The van der Waals surface area contributed by atoms with Crippen LogP contribution in [0.2, 0.25) is 0 Å². The first kappa shape index (κ1) is 7.28. The molecule has 0 atom stereocenters. The molecule has 1 radical (unpaired) electrons. The van der Waals surface area contributed by atoms with Gasteiger partial charge in [-0.05, 0) is 25.0 Å². The van der Waals surface area contributed by atoms with Gasteiger partial charge in [-0.3, -0.25) is 9.78 Å². The Labute approximate surface area is 70.8 Å². The van der Waals surface area contributed by atoms with Gasteiger partial charge in [-0.1, -0.05) is 0 Å². The second kappa shape index (κ2) is 2.93. The van der Waals surface area contributed by atoms with Gasteiger partial charge >= 0.3 is 0 Å². The molecule has 2 rings (SSSR count). The lowest BCUT2D eigenvalue weighted by Crippen LogP contribution is -2.13. The molecule has 12 heavy (non-hydrogen) atoms. The first-order valence-electron chi connectivity index (χ1n) is 3.99. The Kier molecular flexibility index (Phi) is 1.78. The minimum absolute atomic E-state index is 0.114. The lowest BCUT2D eigenvalue weighted by Gasteiger charge is -2.01. The molecule has 1 amide bonds. The molecule has 0 unspecified atom stereocenters. The van der Waals surface area contributed by atoms with Crippen LogP contribution >= 0.6 is 0 Å². The molecule has 1 N–H and O–H groups in total. The Morgan fingerprint density at radius 1 is 1.67 bits per heavy atom. The molecule has 1 aromatic heterocycles. The number of carbonyl (C=O) groups is 1. The summed E-state index contributed by atoms with van der Waals surface area (Å²) < 4.78 is 0. The van der Waals surface area contributed by atoms with Gasteiger partial charge < -0.3 is 5.32 Å². The number of carbonyl (C=O) groups excluding carboxylic acids is 1. The highest BCUT2D eigenvalue weighted by Gasteiger charge is 2.29. The van der Waals surface area contributed by atoms with Crippen LogP contribution in [-0.2, 0) is 4.79 Å². The van der Waals surface area contributed by atoms with Gasteiger partial charge in [-0.25, -0.2) is 0 Å². The molecule has 0 aliphatic heterocycles. The van der Waals surface area contributed by atoms with E-state index in [1.54, 1.807) is 18.3 Å². The zero-order valence-electron chi connectivity index (χ0n) is 6.58. The van der Waals surface area contributed by atoms with Gasteiger partial charge in [0, 0.05) is 5.92 Å². The standard InChI is InChI=1S/C9H9N2O/c12-9(7-3-4-7)11-8-2-1-5-10-6-8/h1-2,6-7H,3-4H2,(H,11,12). The number of amides is 1. The SMILES string of the molecule is O=C(Nc1cc[c]nc1)C1CC1. The summed E-state index contributed by atoms with van der Waals surface area (Å²) in [7, 11) is 0. The van der Waals surface area contributed by atoms with Crippen LogP contribution in [0.25, 0.3) is 0 Å². The zero-order valence-corrected chi connectivity index (χ0v) is 6.58. The van der Waals surface area contributed by atoms with Crippen molar-refractivity contribution in [2.24, 2.45) is 5.92 Å². The van der Waals surface area contributed by atoms with E-state index in [-0.39, 0.29) is 11.8 Å². The van der Waals surface area contributed by atoms with Crippen molar-refractivity contribution in [1.82, 2.24) is 4.98 Å². The van der Waals surface area contributed by atoms with Crippen molar-refractivity contribution in [3.63, 3.8) is 0 Å². The Hall–Kier alpha value is -1.38. The van der Waals surface area contributed by atoms with Gasteiger partial charge in [-0.15, -0.1) is 0 Å². The van der Waals surface area contributed by atoms with Crippen molar-refractivity contribution in [2.75, 3.05) is 5.32 Å². The molecule has 0 spiro atoms. The minimum atomic E-state index is 0.114. The molecule has 61 valence electrons. The highest BCUT2D eigenvalue weighted by Crippen LogP contribution is 2.29. The van der Waals surface area contributed by atoms with Gasteiger partial charge in [0.15, 0.2) is 0 Å². The number of rotatable bonds is 2. The highest BCUT2D eigenvalue weighted by atomic mass is 16.2. The van der Waals surface area contributed by atoms with Crippen molar-refractivity contribution < 1.29 is 4.79 Å². The molecule has 1 saturated carbocycles. The van der Waals surface area contributed by atoms with E-state index in [1.165, 1.54) is 0 Å². The summed E-state index contributed by atoms with van der Waals surface area (Å²) in [5.41, 5.74) is 0.755. The number of aromatic nitrogens is 1. The third-order valence-corrected chi connectivity index (χ3v) is 1.83. The molecule has 0 bridgehead atoms. The summed E-state index contributed by atoms with van der Waals surface area (Å²) in [6, 6.07) is 3.47. The number of pyridine rings is 1. The van der Waals surface area contributed by atoms with Crippen molar-refractivity contribution in [1.29, 1.82) is 0 Å². The average Bonchev–Trinajstić information content (AvgIpc) is 2.88. The monoisotopic (exact) mass is 161 g/mol. The van der Waals surface area contributed by atoms with Crippen molar-refractivity contribution in [3.05, 3.63) is 24.5 Å². The molecular formula is C9H9N2O. The van der Waals surface area contributed by atoms with Gasteiger partial charge in [0.25, 0.3) is 0 Å². The molecule has 1 aromatic rings. The number of nitrogens with one attached hydrogen (secondary N) is 1. The molecule has 1 aliphatic rings. The maximum Gasteiger partial charge on any atom is 0.227 e. The summed E-state index contributed by atoms with van der Waals surface area (Å²) in [6.45, 7) is 0. The average molecular weight is 161 g/mol. The predicted octanol–water partition coefficient (Wildman–Crippen LogP) is 1.23. The fourth-order valence-electron chi connectivity index (χ4n) is 0.984. The van der Waals surface area contributed by atoms with Crippen molar-refractivity contribution >= 4 is 11.6 Å². The van der Waals surface area contributed by atoms with Crippen LogP contribution in [0.3, 0.4) is 0 Å². The van der Waals surface area contributed by atoms with Crippen LogP contribution in [-0.4, -0.2) is 10.9 Å². The second-order valence-electron chi connectivity index (χ2n) is 2.94. The molecular weight excluding hydrogens is 152 g/mol. The third kappa shape index (κ3) is 1.61. The minimum Gasteiger partial charge on any atom is -0.324 e. The number of nitrogens with zero attached hydrogens (tertiary/aromatic N) is 1. The lowest BCUT2D eigenvalue weighted by atomic mass is 10.3. The van der Waals surface area contributed by atoms with Crippen molar-refractivity contribution in [2.45, 2.75) is 12.8 Å². The van der Waals surface area contributed by atoms with Crippen LogP contribution in [0.4, 0.5) is 5.69 Å². The second-order valence-corrected chi connectivity index (χ2v) is 2.94. The Balaban J connectivity index is 1.98. The van der Waals surface area contributed by atoms with E-state index in [9.17, 15) is 4.79 Å². The highest BCUT2D eigenvalue weighted by molar-refractivity contribution is 5.93.